The third-order valence-corrected chi connectivity index (χ3v) is 3.55. The van der Waals surface area contributed by atoms with Crippen molar-refractivity contribution in [1.29, 1.82) is 0 Å². The van der Waals surface area contributed by atoms with Gasteiger partial charge in [0, 0.05) is 6.08 Å². The lowest BCUT2D eigenvalue weighted by molar-refractivity contribution is -0.268. The molecular formula is C16H20O7. The fourth-order valence-electron chi connectivity index (χ4n) is 2.13. The molecule has 1 aliphatic heterocycles. The predicted molar refractivity (Wildman–Crippen MR) is 80.5 cm³/mol. The number of hydrogen-bond donors (Lipinski definition) is 3. The molecule has 7 heteroatoms. The fraction of sp³-hybridized carbons (Fsp3) is 0.438. The number of methoxy groups -OCH3 is 1. The number of rotatable bonds is 4. The van der Waals surface area contributed by atoms with Crippen LogP contribution in [0.15, 0.2) is 30.3 Å². The molecule has 23 heavy (non-hydrogen) atoms. The Kier molecular flexibility index (Phi) is 5.73. The Morgan fingerprint density at radius 3 is 2.39 bits per heavy atom. The highest BCUT2D eigenvalue weighted by Gasteiger charge is 2.43. The highest BCUT2D eigenvalue weighted by molar-refractivity contribution is 5.86. The van der Waals surface area contributed by atoms with Crippen molar-refractivity contribution in [3.8, 4) is 5.75 Å². The lowest BCUT2D eigenvalue weighted by Crippen LogP contribution is -2.58. The summed E-state index contributed by atoms with van der Waals surface area (Å²) in [6.45, 7) is 1.58. The minimum Gasteiger partial charge on any atom is -0.466 e. The zero-order chi connectivity index (χ0) is 17.0. The van der Waals surface area contributed by atoms with Crippen molar-refractivity contribution in [2.45, 2.75) is 37.6 Å². The Bertz CT molecular complexity index is 554. The maximum atomic E-state index is 11.0. The predicted octanol–water partition coefficient (Wildman–Crippen LogP) is 0.0791. The zero-order valence-corrected chi connectivity index (χ0v) is 12.8. The Morgan fingerprint density at radius 1 is 1.13 bits per heavy atom. The molecule has 7 nitrogen and oxygen atoms in total. The van der Waals surface area contributed by atoms with E-state index in [0.29, 0.717) is 5.75 Å². The molecule has 1 saturated heterocycles. The van der Waals surface area contributed by atoms with E-state index in [0.717, 1.165) is 5.56 Å². The van der Waals surface area contributed by atoms with Crippen LogP contribution in [0.5, 0.6) is 5.75 Å². The Hall–Kier alpha value is -1.93. The summed E-state index contributed by atoms with van der Waals surface area (Å²) < 4.78 is 15.3. The molecule has 1 fully saturated rings. The van der Waals surface area contributed by atoms with E-state index in [1.807, 2.05) is 0 Å². The van der Waals surface area contributed by atoms with Gasteiger partial charge in [0.2, 0.25) is 6.29 Å². The SMILES string of the molecule is COC(=O)/C=C\c1ccc(O[C@@H]2O[C@@H](C)[C@H](O)[C@@H](O)[C@H]2O)cc1. The van der Waals surface area contributed by atoms with Crippen LogP contribution in [0.1, 0.15) is 12.5 Å². The largest absolute Gasteiger partial charge is 0.466 e. The molecule has 1 aromatic rings. The second-order valence-electron chi connectivity index (χ2n) is 5.22. The summed E-state index contributed by atoms with van der Waals surface area (Å²) in [6, 6.07) is 6.68. The van der Waals surface area contributed by atoms with Gasteiger partial charge in [0.15, 0.2) is 0 Å². The molecule has 1 aromatic carbocycles. The third kappa shape index (κ3) is 4.29. The van der Waals surface area contributed by atoms with E-state index in [1.165, 1.54) is 13.2 Å². The summed E-state index contributed by atoms with van der Waals surface area (Å²) in [7, 11) is 1.30. The Balaban J connectivity index is 2.00. The molecule has 0 aromatic heterocycles. The molecule has 0 unspecified atom stereocenters. The summed E-state index contributed by atoms with van der Waals surface area (Å²) >= 11 is 0. The van der Waals surface area contributed by atoms with Crippen LogP contribution < -0.4 is 4.74 Å². The summed E-state index contributed by atoms with van der Waals surface area (Å²) in [5.41, 5.74) is 0.761. The molecule has 3 N–H and O–H groups in total. The minimum absolute atomic E-state index is 0.417. The van der Waals surface area contributed by atoms with E-state index < -0.39 is 36.7 Å². The van der Waals surface area contributed by atoms with Crippen LogP contribution in [0.4, 0.5) is 0 Å². The number of ether oxygens (including phenoxy) is 3. The molecule has 5 atom stereocenters. The standard InChI is InChI=1S/C16H20O7/c1-9-13(18)14(19)15(20)16(22-9)23-11-6-3-10(4-7-11)5-8-12(17)21-2/h3-9,13-16,18-20H,1-2H3/b8-5-/t9-,13-,14+,15+,16-/m0/s1. The quantitative estimate of drug-likeness (QED) is 0.532. The summed E-state index contributed by atoms with van der Waals surface area (Å²) in [6.07, 6.45) is -2.74. The number of carbonyl (C=O) groups is 1. The summed E-state index contributed by atoms with van der Waals surface area (Å²) in [5.74, 6) is -0.0364. The van der Waals surface area contributed by atoms with E-state index in [2.05, 4.69) is 4.74 Å². The first kappa shape index (κ1) is 17.4. The van der Waals surface area contributed by atoms with Crippen LogP contribution in [-0.2, 0) is 14.3 Å². The van der Waals surface area contributed by atoms with Crippen LogP contribution >= 0.6 is 0 Å². The Morgan fingerprint density at radius 2 is 1.78 bits per heavy atom. The van der Waals surface area contributed by atoms with Gasteiger partial charge in [-0.2, -0.15) is 0 Å². The van der Waals surface area contributed by atoms with Gasteiger partial charge in [-0.1, -0.05) is 12.1 Å². The monoisotopic (exact) mass is 324 g/mol. The van der Waals surface area contributed by atoms with E-state index in [1.54, 1.807) is 37.3 Å². The first-order valence-electron chi connectivity index (χ1n) is 7.15. The van der Waals surface area contributed by atoms with Crippen molar-refractivity contribution in [2.24, 2.45) is 0 Å². The first-order chi connectivity index (χ1) is 10.9. The topological polar surface area (TPSA) is 105 Å². The number of aliphatic hydroxyl groups excluding tert-OH is 3. The number of carbonyl (C=O) groups excluding carboxylic acids is 1. The molecule has 0 bridgehead atoms. The van der Waals surface area contributed by atoms with Gasteiger partial charge in [-0.3, -0.25) is 0 Å². The van der Waals surface area contributed by atoms with Crippen molar-refractivity contribution in [3.05, 3.63) is 35.9 Å². The number of benzene rings is 1. The second kappa shape index (κ2) is 7.56. The molecule has 0 spiro atoms. The highest BCUT2D eigenvalue weighted by Crippen LogP contribution is 2.24. The lowest BCUT2D eigenvalue weighted by atomic mass is 10.00. The van der Waals surface area contributed by atoms with Crippen LogP contribution in [0.25, 0.3) is 6.08 Å². The first-order valence-corrected chi connectivity index (χ1v) is 7.15. The molecule has 0 saturated carbocycles. The third-order valence-electron chi connectivity index (χ3n) is 3.55. The van der Waals surface area contributed by atoms with E-state index in [-0.39, 0.29) is 0 Å². The van der Waals surface area contributed by atoms with E-state index in [9.17, 15) is 20.1 Å². The van der Waals surface area contributed by atoms with Gasteiger partial charge in [0.05, 0.1) is 13.2 Å². The average molecular weight is 324 g/mol. The van der Waals surface area contributed by atoms with Gasteiger partial charge in [0.25, 0.3) is 0 Å². The smallest absolute Gasteiger partial charge is 0.330 e. The number of hydrogen-bond acceptors (Lipinski definition) is 7. The highest BCUT2D eigenvalue weighted by atomic mass is 16.7. The zero-order valence-electron chi connectivity index (χ0n) is 12.8. The number of esters is 1. The average Bonchev–Trinajstić information content (AvgIpc) is 2.56. The maximum absolute atomic E-state index is 11.0. The van der Waals surface area contributed by atoms with Gasteiger partial charge >= 0.3 is 5.97 Å². The van der Waals surface area contributed by atoms with E-state index in [4.69, 9.17) is 9.47 Å². The molecular weight excluding hydrogens is 304 g/mol. The van der Waals surface area contributed by atoms with Crippen molar-refractivity contribution < 1.29 is 34.3 Å². The molecule has 126 valence electrons. The van der Waals surface area contributed by atoms with Gasteiger partial charge in [-0.25, -0.2) is 4.79 Å². The summed E-state index contributed by atoms with van der Waals surface area (Å²) in [4.78, 5) is 11.0. The van der Waals surface area contributed by atoms with Gasteiger partial charge in [0.1, 0.15) is 24.1 Å². The number of aliphatic hydroxyl groups is 3. The van der Waals surface area contributed by atoms with Crippen molar-refractivity contribution >= 4 is 12.0 Å². The van der Waals surface area contributed by atoms with Crippen LogP contribution in [0.3, 0.4) is 0 Å². The van der Waals surface area contributed by atoms with Gasteiger partial charge < -0.3 is 29.5 Å². The lowest BCUT2D eigenvalue weighted by Gasteiger charge is -2.38. The van der Waals surface area contributed by atoms with E-state index >= 15 is 0 Å². The van der Waals surface area contributed by atoms with Crippen molar-refractivity contribution in [3.63, 3.8) is 0 Å². The fourth-order valence-corrected chi connectivity index (χ4v) is 2.13. The van der Waals surface area contributed by atoms with Gasteiger partial charge in [-0.15, -0.1) is 0 Å². The van der Waals surface area contributed by atoms with Crippen molar-refractivity contribution in [2.75, 3.05) is 7.11 Å². The molecule has 1 aliphatic rings. The molecule has 0 amide bonds. The minimum atomic E-state index is -1.36. The van der Waals surface area contributed by atoms with Crippen LogP contribution in [0.2, 0.25) is 0 Å². The molecule has 0 radical (unpaired) electrons. The van der Waals surface area contributed by atoms with Crippen molar-refractivity contribution in [1.82, 2.24) is 0 Å². The van der Waals surface area contributed by atoms with Crippen LogP contribution in [0, 0.1) is 0 Å². The maximum Gasteiger partial charge on any atom is 0.330 e. The Labute approximate surface area is 133 Å². The summed E-state index contributed by atoms with van der Waals surface area (Å²) in [5, 5.41) is 29.3. The van der Waals surface area contributed by atoms with Crippen LogP contribution in [-0.4, -0.2) is 59.1 Å². The normalized spacial score (nSPS) is 31.1. The molecule has 0 aliphatic carbocycles. The second-order valence-corrected chi connectivity index (χ2v) is 5.22. The molecule has 2 rings (SSSR count). The molecule has 1 heterocycles. The van der Waals surface area contributed by atoms with Gasteiger partial charge in [-0.05, 0) is 30.7 Å².